The predicted molar refractivity (Wildman–Crippen MR) is 93.8 cm³/mol. The molecule has 0 radical (unpaired) electrons. The van der Waals surface area contributed by atoms with E-state index in [0.717, 1.165) is 0 Å². The first kappa shape index (κ1) is 20.5. The van der Waals surface area contributed by atoms with E-state index in [2.05, 4.69) is 10.0 Å². The molecule has 1 rings (SSSR count). The van der Waals surface area contributed by atoms with Crippen LogP contribution in [0.4, 0.5) is 0 Å². The molecule has 0 fully saturated rings. The average molecular weight is 374 g/mol. The van der Waals surface area contributed by atoms with Crippen molar-refractivity contribution in [2.45, 2.75) is 18.7 Å². The first-order valence-electron chi connectivity index (χ1n) is 7.40. The largest absolute Gasteiger partial charge is 0.481 e. The summed E-state index contributed by atoms with van der Waals surface area (Å²) in [4.78, 5) is 22.4. The lowest BCUT2D eigenvalue weighted by Gasteiger charge is -2.09. The fourth-order valence-corrected chi connectivity index (χ4v) is 3.42. The van der Waals surface area contributed by atoms with Gasteiger partial charge in [0.25, 0.3) is 5.91 Å². The van der Waals surface area contributed by atoms with Crippen LogP contribution in [-0.4, -0.2) is 50.0 Å². The SMILES string of the molecule is CC(C)CNS(=O)(=O)c1ccc(C(=O)NCCSCC(=O)O)cc1. The third kappa shape index (κ3) is 7.33. The molecule has 0 aliphatic heterocycles. The summed E-state index contributed by atoms with van der Waals surface area (Å²) in [7, 11) is -3.57. The number of hydrogen-bond acceptors (Lipinski definition) is 5. The maximum atomic E-state index is 12.1. The van der Waals surface area contributed by atoms with E-state index in [0.29, 0.717) is 24.4 Å². The molecule has 0 unspecified atom stereocenters. The minimum atomic E-state index is -3.57. The summed E-state index contributed by atoms with van der Waals surface area (Å²) in [5.41, 5.74) is 0.348. The van der Waals surface area contributed by atoms with Gasteiger partial charge < -0.3 is 10.4 Å². The van der Waals surface area contributed by atoms with Crippen LogP contribution in [0.15, 0.2) is 29.2 Å². The smallest absolute Gasteiger partial charge is 0.313 e. The quantitative estimate of drug-likeness (QED) is 0.530. The van der Waals surface area contributed by atoms with Gasteiger partial charge in [-0.3, -0.25) is 9.59 Å². The van der Waals surface area contributed by atoms with Gasteiger partial charge in [-0.05, 0) is 30.2 Å². The van der Waals surface area contributed by atoms with E-state index in [-0.39, 0.29) is 22.5 Å². The number of amides is 1. The van der Waals surface area contributed by atoms with Gasteiger partial charge in [0.15, 0.2) is 0 Å². The van der Waals surface area contributed by atoms with E-state index < -0.39 is 16.0 Å². The second-order valence-corrected chi connectivity index (χ2v) is 8.34. The Labute approximate surface area is 146 Å². The van der Waals surface area contributed by atoms with Crippen molar-refractivity contribution in [3.8, 4) is 0 Å². The van der Waals surface area contributed by atoms with E-state index in [1.807, 2.05) is 13.8 Å². The highest BCUT2D eigenvalue weighted by Gasteiger charge is 2.15. The number of rotatable bonds is 10. The molecule has 24 heavy (non-hydrogen) atoms. The van der Waals surface area contributed by atoms with Crippen molar-refractivity contribution in [3.05, 3.63) is 29.8 Å². The van der Waals surface area contributed by atoms with Gasteiger partial charge in [0.1, 0.15) is 0 Å². The molecule has 0 aromatic heterocycles. The molecule has 1 amide bonds. The van der Waals surface area contributed by atoms with Crippen LogP contribution in [0.25, 0.3) is 0 Å². The zero-order chi connectivity index (χ0) is 18.2. The Morgan fingerprint density at radius 3 is 2.38 bits per heavy atom. The number of carbonyl (C=O) groups excluding carboxylic acids is 1. The van der Waals surface area contributed by atoms with Crippen molar-refractivity contribution in [1.29, 1.82) is 0 Å². The predicted octanol–water partition coefficient (Wildman–Crippen LogP) is 1.17. The third-order valence-electron chi connectivity index (χ3n) is 2.87. The number of nitrogens with one attached hydrogen (secondary N) is 2. The van der Waals surface area contributed by atoms with Crippen molar-refractivity contribution in [1.82, 2.24) is 10.0 Å². The van der Waals surface area contributed by atoms with Crippen molar-refractivity contribution in [2.75, 3.05) is 24.6 Å². The second-order valence-electron chi connectivity index (χ2n) is 5.47. The normalized spacial score (nSPS) is 11.5. The Kier molecular flexibility index (Phi) is 8.23. The van der Waals surface area contributed by atoms with Gasteiger partial charge in [-0.25, -0.2) is 13.1 Å². The second kappa shape index (κ2) is 9.65. The summed E-state index contributed by atoms with van der Waals surface area (Å²) in [6, 6.07) is 5.67. The third-order valence-corrected chi connectivity index (χ3v) is 5.25. The van der Waals surface area contributed by atoms with Crippen LogP contribution in [0, 0.1) is 5.92 Å². The highest BCUT2D eigenvalue weighted by molar-refractivity contribution is 7.99. The molecule has 3 N–H and O–H groups in total. The van der Waals surface area contributed by atoms with Gasteiger partial charge in [-0.2, -0.15) is 0 Å². The molecule has 0 saturated carbocycles. The number of sulfonamides is 1. The minimum Gasteiger partial charge on any atom is -0.481 e. The fourth-order valence-electron chi connectivity index (χ4n) is 1.64. The van der Waals surface area contributed by atoms with Crippen molar-refractivity contribution < 1.29 is 23.1 Å². The number of aliphatic carboxylic acids is 1. The number of carboxylic acid groups (broad SMARTS) is 1. The van der Waals surface area contributed by atoms with Crippen LogP contribution in [0.5, 0.6) is 0 Å². The molecule has 9 heteroatoms. The molecule has 0 aliphatic rings. The Bertz CT molecular complexity index is 657. The molecule has 0 aliphatic carbocycles. The van der Waals surface area contributed by atoms with Crippen molar-refractivity contribution in [3.63, 3.8) is 0 Å². The molecule has 0 spiro atoms. The maximum absolute atomic E-state index is 12.1. The number of carboxylic acids is 1. The number of carbonyl (C=O) groups is 2. The number of benzene rings is 1. The van der Waals surface area contributed by atoms with E-state index in [1.54, 1.807) is 0 Å². The monoisotopic (exact) mass is 374 g/mol. The minimum absolute atomic E-state index is 0.00813. The molecule has 0 saturated heterocycles. The summed E-state index contributed by atoms with van der Waals surface area (Å²) in [6.45, 7) is 4.50. The lowest BCUT2D eigenvalue weighted by Crippen LogP contribution is -2.28. The van der Waals surface area contributed by atoms with E-state index in [4.69, 9.17) is 5.11 Å². The van der Waals surface area contributed by atoms with Gasteiger partial charge in [0.05, 0.1) is 10.6 Å². The Morgan fingerprint density at radius 1 is 1.21 bits per heavy atom. The van der Waals surface area contributed by atoms with E-state index in [9.17, 15) is 18.0 Å². The molecule has 0 bridgehead atoms. The molecule has 1 aromatic rings. The van der Waals surface area contributed by atoms with Crippen molar-refractivity contribution in [2.24, 2.45) is 5.92 Å². The first-order valence-corrected chi connectivity index (χ1v) is 10.0. The Morgan fingerprint density at radius 2 is 1.83 bits per heavy atom. The van der Waals surface area contributed by atoms with Gasteiger partial charge in [-0.1, -0.05) is 13.8 Å². The van der Waals surface area contributed by atoms with Crippen LogP contribution in [0.1, 0.15) is 24.2 Å². The van der Waals surface area contributed by atoms with Gasteiger partial charge >= 0.3 is 5.97 Å². The molecular formula is C15H22N2O5S2. The first-order chi connectivity index (χ1) is 11.2. The number of thioether (sulfide) groups is 1. The zero-order valence-electron chi connectivity index (χ0n) is 13.6. The Balaban J connectivity index is 2.54. The van der Waals surface area contributed by atoms with Crippen LogP contribution in [0.2, 0.25) is 0 Å². The van der Waals surface area contributed by atoms with E-state index >= 15 is 0 Å². The molecule has 134 valence electrons. The van der Waals surface area contributed by atoms with Crippen LogP contribution >= 0.6 is 11.8 Å². The topological polar surface area (TPSA) is 113 Å². The summed E-state index contributed by atoms with van der Waals surface area (Å²) in [5.74, 6) is -0.543. The van der Waals surface area contributed by atoms with Gasteiger partial charge in [-0.15, -0.1) is 11.8 Å². The summed E-state index contributed by atoms with van der Waals surface area (Å²) in [5, 5.41) is 11.2. The lowest BCUT2D eigenvalue weighted by atomic mass is 10.2. The highest BCUT2D eigenvalue weighted by atomic mass is 32.2. The zero-order valence-corrected chi connectivity index (χ0v) is 15.2. The fraction of sp³-hybridized carbons (Fsp3) is 0.467. The lowest BCUT2D eigenvalue weighted by molar-refractivity contribution is -0.133. The standard InChI is InChI=1S/C15H22N2O5S2/c1-11(2)9-17-24(21,22)13-5-3-12(4-6-13)15(20)16-7-8-23-10-14(18)19/h3-6,11,17H,7-10H2,1-2H3,(H,16,20)(H,18,19). The number of hydrogen-bond donors (Lipinski definition) is 3. The Hall–Kier alpha value is -1.58. The molecule has 0 heterocycles. The van der Waals surface area contributed by atoms with E-state index in [1.165, 1.54) is 36.0 Å². The summed E-state index contributed by atoms with van der Waals surface area (Å²) in [6.07, 6.45) is 0. The van der Waals surface area contributed by atoms with Gasteiger partial charge in [0.2, 0.25) is 10.0 Å². The molecule has 0 atom stereocenters. The van der Waals surface area contributed by atoms with Crippen molar-refractivity contribution >= 4 is 33.7 Å². The van der Waals surface area contributed by atoms with Crippen LogP contribution < -0.4 is 10.0 Å². The molecule has 7 nitrogen and oxygen atoms in total. The van der Waals surface area contributed by atoms with Crippen LogP contribution in [0.3, 0.4) is 0 Å². The van der Waals surface area contributed by atoms with Crippen LogP contribution in [-0.2, 0) is 14.8 Å². The summed E-state index contributed by atoms with van der Waals surface area (Å²) >= 11 is 1.21. The maximum Gasteiger partial charge on any atom is 0.313 e. The molecular weight excluding hydrogens is 352 g/mol. The van der Waals surface area contributed by atoms with Gasteiger partial charge in [0, 0.05) is 24.4 Å². The highest BCUT2D eigenvalue weighted by Crippen LogP contribution is 2.11. The molecule has 1 aromatic carbocycles. The summed E-state index contributed by atoms with van der Waals surface area (Å²) < 4.78 is 26.6. The average Bonchev–Trinajstić information content (AvgIpc) is 2.52.